The lowest BCUT2D eigenvalue weighted by atomic mass is 10.1. The van der Waals surface area contributed by atoms with E-state index in [0.29, 0.717) is 17.9 Å². The molecule has 3 nitrogen and oxygen atoms in total. The Balaban J connectivity index is 2.88. The number of carbonyl (C=O) groups excluding carboxylic acids is 1. The summed E-state index contributed by atoms with van der Waals surface area (Å²) in [6.45, 7) is 9.50. The van der Waals surface area contributed by atoms with E-state index in [1.54, 1.807) is 24.6 Å². The quantitative estimate of drug-likeness (QED) is 0.574. The summed E-state index contributed by atoms with van der Waals surface area (Å²) in [7, 11) is 0. The first-order valence-electron chi connectivity index (χ1n) is 5.26. The van der Waals surface area contributed by atoms with Gasteiger partial charge in [-0.05, 0) is 12.5 Å². The highest BCUT2D eigenvalue weighted by Crippen LogP contribution is 2.18. The minimum absolute atomic E-state index is 0.313. The molecule has 0 radical (unpaired) electrons. The van der Waals surface area contributed by atoms with Gasteiger partial charge in [0.05, 0.1) is 17.8 Å². The van der Waals surface area contributed by atoms with Crippen molar-refractivity contribution >= 4 is 17.3 Å². The SMILES string of the molecule is C=CC=C(C=C)Cc1ncsc1C(=O)OCC. The smallest absolute Gasteiger partial charge is 0.350 e. The first-order valence-corrected chi connectivity index (χ1v) is 6.14. The van der Waals surface area contributed by atoms with Gasteiger partial charge < -0.3 is 4.74 Å². The Kier molecular flexibility index (Phi) is 5.36. The number of esters is 1. The zero-order chi connectivity index (χ0) is 12.7. The second kappa shape index (κ2) is 6.81. The Bertz CT molecular complexity index is 446. The van der Waals surface area contributed by atoms with Crippen molar-refractivity contribution in [2.24, 2.45) is 0 Å². The molecule has 1 rings (SSSR count). The fourth-order valence-corrected chi connectivity index (χ4v) is 2.00. The van der Waals surface area contributed by atoms with E-state index < -0.39 is 0 Å². The molecule has 0 saturated carbocycles. The normalized spacial score (nSPS) is 11.0. The molecule has 1 heterocycles. The van der Waals surface area contributed by atoms with Gasteiger partial charge in [-0.2, -0.15) is 0 Å². The fraction of sp³-hybridized carbons (Fsp3) is 0.231. The molecule has 0 unspecified atom stereocenters. The summed E-state index contributed by atoms with van der Waals surface area (Å²) in [4.78, 5) is 16.4. The summed E-state index contributed by atoms with van der Waals surface area (Å²) in [5, 5.41) is 0. The summed E-state index contributed by atoms with van der Waals surface area (Å²) in [6.07, 6.45) is 5.83. The zero-order valence-corrected chi connectivity index (χ0v) is 10.6. The fourth-order valence-electron chi connectivity index (χ4n) is 1.30. The van der Waals surface area contributed by atoms with E-state index in [2.05, 4.69) is 18.1 Å². The molecule has 0 saturated heterocycles. The van der Waals surface area contributed by atoms with Gasteiger partial charge in [-0.25, -0.2) is 9.78 Å². The van der Waals surface area contributed by atoms with Crippen LogP contribution in [0.3, 0.4) is 0 Å². The molecular formula is C13H15NO2S. The molecule has 0 aliphatic rings. The molecule has 1 aromatic rings. The standard InChI is InChI=1S/C13H15NO2S/c1-4-7-10(5-2)8-11-12(17-9-14-11)13(15)16-6-3/h4-5,7,9H,1-2,6,8H2,3H3. The average Bonchev–Trinajstić information content (AvgIpc) is 2.77. The predicted octanol–water partition coefficient (Wildman–Crippen LogP) is 3.16. The van der Waals surface area contributed by atoms with E-state index in [1.807, 2.05) is 6.08 Å². The lowest BCUT2D eigenvalue weighted by Crippen LogP contribution is -2.06. The Labute approximate surface area is 105 Å². The lowest BCUT2D eigenvalue weighted by molar-refractivity contribution is 0.0530. The van der Waals surface area contributed by atoms with Crippen molar-refractivity contribution in [1.29, 1.82) is 0 Å². The number of nitrogens with zero attached hydrogens (tertiary/aromatic N) is 1. The van der Waals surface area contributed by atoms with Gasteiger partial charge in [0, 0.05) is 6.42 Å². The lowest BCUT2D eigenvalue weighted by Gasteiger charge is -2.02. The van der Waals surface area contributed by atoms with Crippen LogP contribution in [0.2, 0.25) is 0 Å². The molecule has 0 amide bonds. The highest BCUT2D eigenvalue weighted by Gasteiger charge is 2.15. The van der Waals surface area contributed by atoms with Gasteiger partial charge >= 0.3 is 5.97 Å². The predicted molar refractivity (Wildman–Crippen MR) is 70.3 cm³/mol. The number of allylic oxidation sites excluding steroid dienone is 4. The molecule has 0 aliphatic carbocycles. The minimum Gasteiger partial charge on any atom is -0.462 e. The molecule has 1 aromatic heterocycles. The van der Waals surface area contributed by atoms with Crippen LogP contribution in [0.4, 0.5) is 0 Å². The number of carbonyl (C=O) groups is 1. The Morgan fingerprint density at radius 2 is 2.35 bits per heavy atom. The number of aromatic nitrogens is 1. The van der Waals surface area contributed by atoms with Gasteiger partial charge in [-0.1, -0.05) is 31.4 Å². The first-order chi connectivity index (χ1) is 8.22. The number of thiazole rings is 1. The molecule has 0 spiro atoms. The molecule has 0 aliphatic heterocycles. The third kappa shape index (κ3) is 3.67. The number of rotatable bonds is 6. The van der Waals surface area contributed by atoms with Crippen molar-refractivity contribution in [2.75, 3.05) is 6.61 Å². The molecule has 4 heteroatoms. The highest BCUT2D eigenvalue weighted by molar-refractivity contribution is 7.11. The van der Waals surface area contributed by atoms with Crippen LogP contribution in [0.25, 0.3) is 0 Å². The van der Waals surface area contributed by atoms with Crippen LogP contribution in [0.1, 0.15) is 22.3 Å². The molecular weight excluding hydrogens is 234 g/mol. The summed E-state index contributed by atoms with van der Waals surface area (Å²) in [6, 6.07) is 0. The molecule has 0 N–H and O–H groups in total. The molecule has 0 atom stereocenters. The van der Waals surface area contributed by atoms with Crippen molar-refractivity contribution in [2.45, 2.75) is 13.3 Å². The number of hydrogen-bond acceptors (Lipinski definition) is 4. The zero-order valence-electron chi connectivity index (χ0n) is 9.81. The van der Waals surface area contributed by atoms with Gasteiger partial charge in [-0.15, -0.1) is 11.3 Å². The average molecular weight is 249 g/mol. The molecule has 0 aromatic carbocycles. The van der Waals surface area contributed by atoms with Crippen LogP contribution in [0, 0.1) is 0 Å². The van der Waals surface area contributed by atoms with E-state index in [9.17, 15) is 4.79 Å². The van der Waals surface area contributed by atoms with Crippen molar-refractivity contribution in [1.82, 2.24) is 4.98 Å². The van der Waals surface area contributed by atoms with E-state index in [-0.39, 0.29) is 5.97 Å². The van der Waals surface area contributed by atoms with Crippen LogP contribution in [-0.4, -0.2) is 17.6 Å². The van der Waals surface area contributed by atoms with Crippen LogP contribution in [0.5, 0.6) is 0 Å². The van der Waals surface area contributed by atoms with Gasteiger partial charge in [0.2, 0.25) is 0 Å². The molecule has 0 fully saturated rings. The summed E-state index contributed by atoms with van der Waals surface area (Å²) in [5.74, 6) is -0.313. The topological polar surface area (TPSA) is 39.2 Å². The van der Waals surface area contributed by atoms with Crippen LogP contribution in [0.15, 0.2) is 42.5 Å². The minimum atomic E-state index is -0.313. The van der Waals surface area contributed by atoms with Crippen molar-refractivity contribution in [3.63, 3.8) is 0 Å². The number of hydrogen-bond donors (Lipinski definition) is 0. The van der Waals surface area contributed by atoms with E-state index in [4.69, 9.17) is 4.74 Å². The maximum absolute atomic E-state index is 11.6. The second-order valence-electron chi connectivity index (χ2n) is 3.21. The highest BCUT2D eigenvalue weighted by atomic mass is 32.1. The van der Waals surface area contributed by atoms with Crippen molar-refractivity contribution in [3.8, 4) is 0 Å². The van der Waals surface area contributed by atoms with Gasteiger partial charge in [0.1, 0.15) is 4.88 Å². The maximum Gasteiger partial charge on any atom is 0.350 e. The van der Waals surface area contributed by atoms with Crippen LogP contribution >= 0.6 is 11.3 Å². The van der Waals surface area contributed by atoms with Crippen molar-refractivity contribution < 1.29 is 9.53 Å². The number of ether oxygens (including phenoxy) is 1. The van der Waals surface area contributed by atoms with Gasteiger partial charge in [0.15, 0.2) is 0 Å². The Hall–Kier alpha value is -1.68. The summed E-state index contributed by atoms with van der Waals surface area (Å²) < 4.78 is 4.97. The van der Waals surface area contributed by atoms with Gasteiger partial charge in [-0.3, -0.25) is 0 Å². The Morgan fingerprint density at radius 1 is 1.59 bits per heavy atom. The third-order valence-corrected chi connectivity index (χ3v) is 2.92. The third-order valence-electron chi connectivity index (χ3n) is 2.07. The largest absolute Gasteiger partial charge is 0.462 e. The molecule has 17 heavy (non-hydrogen) atoms. The summed E-state index contributed by atoms with van der Waals surface area (Å²) in [5.41, 5.74) is 3.34. The van der Waals surface area contributed by atoms with E-state index in [1.165, 1.54) is 11.3 Å². The molecule has 90 valence electrons. The van der Waals surface area contributed by atoms with Crippen LogP contribution in [-0.2, 0) is 11.2 Å². The monoisotopic (exact) mass is 249 g/mol. The molecule has 0 bridgehead atoms. The summed E-state index contributed by atoms with van der Waals surface area (Å²) >= 11 is 1.30. The van der Waals surface area contributed by atoms with Crippen molar-refractivity contribution in [3.05, 3.63) is 53.0 Å². The Morgan fingerprint density at radius 3 is 2.94 bits per heavy atom. The van der Waals surface area contributed by atoms with E-state index in [0.717, 1.165) is 11.3 Å². The van der Waals surface area contributed by atoms with Gasteiger partial charge in [0.25, 0.3) is 0 Å². The first kappa shape index (κ1) is 13.4. The van der Waals surface area contributed by atoms with E-state index >= 15 is 0 Å². The van der Waals surface area contributed by atoms with Crippen LogP contribution < -0.4 is 0 Å². The second-order valence-corrected chi connectivity index (χ2v) is 4.06. The maximum atomic E-state index is 11.6.